The summed E-state index contributed by atoms with van der Waals surface area (Å²) in [6, 6.07) is 0. The lowest BCUT2D eigenvalue weighted by atomic mass is 9.82. The molecule has 1 heteroatoms. The van der Waals surface area contributed by atoms with Crippen molar-refractivity contribution in [1.29, 1.82) is 0 Å². The van der Waals surface area contributed by atoms with E-state index in [4.69, 9.17) is 5.73 Å². The van der Waals surface area contributed by atoms with Gasteiger partial charge in [0.05, 0.1) is 0 Å². The molecule has 1 aliphatic rings. The molecule has 0 fully saturated rings. The fourth-order valence-electron chi connectivity index (χ4n) is 1.43. The highest BCUT2D eigenvalue weighted by Crippen LogP contribution is 2.25. The summed E-state index contributed by atoms with van der Waals surface area (Å²) in [4.78, 5) is 0. The summed E-state index contributed by atoms with van der Waals surface area (Å²) >= 11 is 0. The van der Waals surface area contributed by atoms with Gasteiger partial charge in [0.1, 0.15) is 0 Å². The fraction of sp³-hybridized carbons (Fsp3) is 0.778. The number of hydrogen-bond donors (Lipinski definition) is 1. The zero-order valence-corrected chi connectivity index (χ0v) is 6.93. The van der Waals surface area contributed by atoms with E-state index in [1.807, 2.05) is 0 Å². The quantitative estimate of drug-likeness (QED) is 0.553. The molecule has 0 aromatic heterocycles. The molecule has 1 aliphatic carbocycles. The van der Waals surface area contributed by atoms with Gasteiger partial charge in [-0.1, -0.05) is 12.2 Å². The second-order valence-corrected chi connectivity index (χ2v) is 3.79. The monoisotopic (exact) mass is 139 g/mol. The van der Waals surface area contributed by atoms with E-state index in [9.17, 15) is 0 Å². The van der Waals surface area contributed by atoms with Gasteiger partial charge in [-0.05, 0) is 39.0 Å². The normalized spacial score (nSPS) is 26.9. The summed E-state index contributed by atoms with van der Waals surface area (Å²) in [5.74, 6) is 0.598. The van der Waals surface area contributed by atoms with Crippen LogP contribution < -0.4 is 5.73 Å². The zero-order valence-electron chi connectivity index (χ0n) is 6.93. The van der Waals surface area contributed by atoms with Gasteiger partial charge in [0.25, 0.3) is 0 Å². The van der Waals surface area contributed by atoms with Crippen LogP contribution in [0.3, 0.4) is 0 Å². The van der Waals surface area contributed by atoms with Crippen molar-refractivity contribution in [1.82, 2.24) is 0 Å². The first-order chi connectivity index (χ1) is 4.61. The van der Waals surface area contributed by atoms with E-state index in [1.165, 1.54) is 19.3 Å². The minimum atomic E-state index is -0.0169. The first-order valence-corrected chi connectivity index (χ1v) is 4.06. The zero-order chi connectivity index (χ0) is 7.61. The number of nitrogens with two attached hydrogens (primary N) is 1. The smallest absolute Gasteiger partial charge is 0.0160 e. The maximum absolute atomic E-state index is 5.96. The predicted octanol–water partition coefficient (Wildman–Crippen LogP) is 2.08. The molecular weight excluding hydrogens is 122 g/mol. The SMILES string of the molecule is CC(C)(N)C1C=CCCC1. The van der Waals surface area contributed by atoms with Crippen LogP contribution in [0.25, 0.3) is 0 Å². The van der Waals surface area contributed by atoms with Gasteiger partial charge in [0, 0.05) is 5.54 Å². The lowest BCUT2D eigenvalue weighted by Crippen LogP contribution is -2.40. The molecule has 1 atom stereocenters. The van der Waals surface area contributed by atoms with Crippen molar-refractivity contribution < 1.29 is 0 Å². The predicted molar refractivity (Wildman–Crippen MR) is 44.7 cm³/mol. The van der Waals surface area contributed by atoms with Gasteiger partial charge in [-0.15, -0.1) is 0 Å². The Morgan fingerprint density at radius 3 is 2.50 bits per heavy atom. The Morgan fingerprint density at radius 2 is 2.20 bits per heavy atom. The van der Waals surface area contributed by atoms with Crippen molar-refractivity contribution in [3.05, 3.63) is 12.2 Å². The summed E-state index contributed by atoms with van der Waals surface area (Å²) in [7, 11) is 0. The van der Waals surface area contributed by atoms with Gasteiger partial charge in [0.2, 0.25) is 0 Å². The van der Waals surface area contributed by atoms with Crippen molar-refractivity contribution in [3.8, 4) is 0 Å². The van der Waals surface area contributed by atoms with Crippen LogP contribution in [0.4, 0.5) is 0 Å². The van der Waals surface area contributed by atoms with Crippen LogP contribution in [0.2, 0.25) is 0 Å². The van der Waals surface area contributed by atoms with Gasteiger partial charge < -0.3 is 5.73 Å². The first kappa shape index (κ1) is 7.80. The van der Waals surface area contributed by atoms with E-state index >= 15 is 0 Å². The first-order valence-electron chi connectivity index (χ1n) is 4.06. The van der Waals surface area contributed by atoms with E-state index in [-0.39, 0.29) is 5.54 Å². The molecule has 0 aromatic rings. The molecule has 1 nitrogen and oxygen atoms in total. The third-order valence-corrected chi connectivity index (χ3v) is 2.21. The molecule has 0 amide bonds. The highest BCUT2D eigenvalue weighted by Gasteiger charge is 2.23. The molecule has 0 bridgehead atoms. The minimum absolute atomic E-state index is 0.0169. The molecule has 10 heavy (non-hydrogen) atoms. The molecular formula is C9H17N. The van der Waals surface area contributed by atoms with Crippen LogP contribution in [-0.2, 0) is 0 Å². The highest BCUT2D eigenvalue weighted by molar-refractivity contribution is 5.01. The van der Waals surface area contributed by atoms with Gasteiger partial charge in [0.15, 0.2) is 0 Å². The topological polar surface area (TPSA) is 26.0 Å². The Kier molecular flexibility index (Phi) is 2.14. The summed E-state index contributed by atoms with van der Waals surface area (Å²) < 4.78 is 0. The summed E-state index contributed by atoms with van der Waals surface area (Å²) in [5.41, 5.74) is 5.94. The molecule has 2 N–H and O–H groups in total. The van der Waals surface area contributed by atoms with Gasteiger partial charge in [-0.3, -0.25) is 0 Å². The lowest BCUT2D eigenvalue weighted by molar-refractivity contribution is 0.347. The minimum Gasteiger partial charge on any atom is -0.325 e. The van der Waals surface area contributed by atoms with E-state index in [0.29, 0.717) is 5.92 Å². The summed E-state index contributed by atoms with van der Waals surface area (Å²) in [5, 5.41) is 0. The number of hydrogen-bond acceptors (Lipinski definition) is 1. The molecule has 0 saturated carbocycles. The molecule has 1 rings (SSSR count). The molecule has 0 heterocycles. The average Bonchev–Trinajstić information content (AvgIpc) is 1.88. The molecule has 0 spiro atoms. The summed E-state index contributed by atoms with van der Waals surface area (Å²) in [6.45, 7) is 4.21. The Hall–Kier alpha value is -0.300. The number of rotatable bonds is 1. The second-order valence-electron chi connectivity index (χ2n) is 3.79. The van der Waals surface area contributed by atoms with Crippen LogP contribution in [0.15, 0.2) is 12.2 Å². The number of allylic oxidation sites excluding steroid dienone is 1. The lowest BCUT2D eigenvalue weighted by Gasteiger charge is -2.29. The third-order valence-electron chi connectivity index (χ3n) is 2.21. The highest BCUT2D eigenvalue weighted by atomic mass is 14.7. The third kappa shape index (κ3) is 1.84. The van der Waals surface area contributed by atoms with Crippen molar-refractivity contribution >= 4 is 0 Å². The van der Waals surface area contributed by atoms with Crippen LogP contribution in [0.1, 0.15) is 33.1 Å². The summed E-state index contributed by atoms with van der Waals surface area (Å²) in [6.07, 6.45) is 8.33. The van der Waals surface area contributed by atoms with Crippen molar-refractivity contribution in [2.45, 2.75) is 38.6 Å². The molecule has 0 aliphatic heterocycles. The molecule has 0 saturated heterocycles. The van der Waals surface area contributed by atoms with Crippen molar-refractivity contribution in [2.24, 2.45) is 11.7 Å². The molecule has 58 valence electrons. The van der Waals surface area contributed by atoms with E-state index < -0.39 is 0 Å². The Labute approximate surface area is 63.3 Å². The molecule has 0 aromatic carbocycles. The van der Waals surface area contributed by atoms with E-state index in [0.717, 1.165) is 0 Å². The maximum Gasteiger partial charge on any atom is 0.0160 e. The van der Waals surface area contributed by atoms with Crippen LogP contribution >= 0.6 is 0 Å². The average molecular weight is 139 g/mol. The standard InChI is InChI=1S/C9H17N/c1-9(2,10)8-6-4-3-5-7-8/h4,6,8H,3,5,7,10H2,1-2H3. The van der Waals surface area contributed by atoms with Crippen molar-refractivity contribution in [2.75, 3.05) is 0 Å². The van der Waals surface area contributed by atoms with Crippen molar-refractivity contribution in [3.63, 3.8) is 0 Å². The second kappa shape index (κ2) is 2.75. The van der Waals surface area contributed by atoms with Crippen LogP contribution in [0.5, 0.6) is 0 Å². The fourth-order valence-corrected chi connectivity index (χ4v) is 1.43. The van der Waals surface area contributed by atoms with E-state index in [1.54, 1.807) is 0 Å². The molecule has 0 radical (unpaired) electrons. The van der Waals surface area contributed by atoms with Gasteiger partial charge in [-0.25, -0.2) is 0 Å². The largest absolute Gasteiger partial charge is 0.325 e. The van der Waals surface area contributed by atoms with Gasteiger partial charge >= 0.3 is 0 Å². The Balaban J connectivity index is 2.55. The molecule has 1 unspecified atom stereocenters. The van der Waals surface area contributed by atoms with Crippen LogP contribution in [0, 0.1) is 5.92 Å². The maximum atomic E-state index is 5.96. The van der Waals surface area contributed by atoms with E-state index in [2.05, 4.69) is 26.0 Å². The Morgan fingerprint density at radius 1 is 1.50 bits per heavy atom. The van der Waals surface area contributed by atoms with Gasteiger partial charge in [-0.2, -0.15) is 0 Å². The van der Waals surface area contributed by atoms with Crippen LogP contribution in [-0.4, -0.2) is 5.54 Å². The Bertz CT molecular complexity index is 130.